The molecular formula is C15H17BrN4O. The molecular weight excluding hydrogens is 332 g/mol. The molecule has 0 aliphatic heterocycles. The number of hydrogen-bond acceptors (Lipinski definition) is 4. The molecule has 21 heavy (non-hydrogen) atoms. The van der Waals surface area contributed by atoms with Gasteiger partial charge in [-0.2, -0.15) is 0 Å². The normalized spacial score (nSPS) is 10.2. The molecule has 2 rings (SSSR count). The summed E-state index contributed by atoms with van der Waals surface area (Å²) in [6, 6.07) is 9.91. The number of rotatable bonds is 5. The highest BCUT2D eigenvalue weighted by molar-refractivity contribution is 9.10. The number of aromatic nitrogens is 1. The summed E-state index contributed by atoms with van der Waals surface area (Å²) in [5.74, 6) is 5.52. The zero-order valence-corrected chi connectivity index (χ0v) is 13.3. The fourth-order valence-electron chi connectivity index (χ4n) is 2.01. The van der Waals surface area contributed by atoms with E-state index in [9.17, 15) is 4.79 Å². The van der Waals surface area contributed by atoms with Gasteiger partial charge in [-0.15, -0.1) is 0 Å². The van der Waals surface area contributed by atoms with Gasteiger partial charge in [-0.05, 0) is 40.9 Å². The maximum atomic E-state index is 12.2. The predicted octanol–water partition coefficient (Wildman–Crippen LogP) is 2.41. The third kappa shape index (κ3) is 4.27. The highest BCUT2D eigenvalue weighted by Gasteiger charge is 2.12. The number of nitrogens with one attached hydrogen (secondary N) is 2. The van der Waals surface area contributed by atoms with E-state index in [4.69, 9.17) is 5.84 Å². The van der Waals surface area contributed by atoms with Crippen molar-refractivity contribution in [1.29, 1.82) is 0 Å². The Morgan fingerprint density at radius 2 is 2.19 bits per heavy atom. The zero-order chi connectivity index (χ0) is 15.2. The van der Waals surface area contributed by atoms with E-state index in [0.29, 0.717) is 17.9 Å². The molecule has 1 heterocycles. The molecule has 1 amide bonds. The van der Waals surface area contributed by atoms with Crippen molar-refractivity contribution in [3.8, 4) is 0 Å². The first-order chi connectivity index (χ1) is 10.1. The summed E-state index contributed by atoms with van der Waals surface area (Å²) < 4.78 is 0.727. The molecule has 1 aromatic heterocycles. The molecule has 0 bridgehead atoms. The minimum atomic E-state index is -0.204. The Balaban J connectivity index is 1.97. The second-order valence-corrected chi connectivity index (χ2v) is 5.60. The van der Waals surface area contributed by atoms with Crippen LogP contribution >= 0.6 is 15.9 Å². The lowest BCUT2D eigenvalue weighted by atomic mass is 10.1. The van der Waals surface area contributed by atoms with E-state index in [-0.39, 0.29) is 5.91 Å². The van der Waals surface area contributed by atoms with Crippen molar-refractivity contribution in [1.82, 2.24) is 10.3 Å². The van der Waals surface area contributed by atoms with Gasteiger partial charge < -0.3 is 10.7 Å². The summed E-state index contributed by atoms with van der Waals surface area (Å²) >= 11 is 3.30. The number of carbonyl (C=O) groups excluding carboxylic acids is 1. The first-order valence-electron chi connectivity index (χ1n) is 6.56. The molecule has 0 saturated heterocycles. The lowest BCUT2D eigenvalue weighted by Crippen LogP contribution is -2.27. The van der Waals surface area contributed by atoms with Gasteiger partial charge in [0.15, 0.2) is 5.82 Å². The average molecular weight is 349 g/mol. The number of pyridine rings is 1. The van der Waals surface area contributed by atoms with E-state index in [2.05, 4.69) is 50.7 Å². The molecule has 0 saturated carbocycles. The highest BCUT2D eigenvalue weighted by atomic mass is 79.9. The van der Waals surface area contributed by atoms with Crippen LogP contribution in [-0.4, -0.2) is 17.4 Å². The summed E-state index contributed by atoms with van der Waals surface area (Å²) in [5, 5.41) is 2.87. The van der Waals surface area contributed by atoms with Gasteiger partial charge in [-0.25, -0.2) is 10.8 Å². The molecule has 0 aliphatic carbocycles. The van der Waals surface area contributed by atoms with Crippen molar-refractivity contribution in [2.75, 3.05) is 12.0 Å². The van der Waals surface area contributed by atoms with E-state index in [1.54, 1.807) is 12.3 Å². The van der Waals surface area contributed by atoms with Gasteiger partial charge in [-0.3, -0.25) is 4.79 Å². The zero-order valence-electron chi connectivity index (χ0n) is 11.7. The number of anilines is 1. The Morgan fingerprint density at radius 1 is 1.38 bits per heavy atom. The number of nitrogens with two attached hydrogens (primary N) is 1. The average Bonchev–Trinajstić information content (AvgIpc) is 2.47. The lowest BCUT2D eigenvalue weighted by Gasteiger charge is -2.09. The minimum absolute atomic E-state index is 0.204. The van der Waals surface area contributed by atoms with E-state index in [0.717, 1.165) is 10.9 Å². The molecule has 2 aromatic rings. The Morgan fingerprint density at radius 3 is 2.90 bits per heavy atom. The molecule has 5 nitrogen and oxygen atoms in total. The monoisotopic (exact) mass is 348 g/mol. The van der Waals surface area contributed by atoms with Crippen LogP contribution in [0.15, 0.2) is 41.0 Å². The van der Waals surface area contributed by atoms with Crippen molar-refractivity contribution in [2.24, 2.45) is 5.84 Å². The Kier molecular flexibility index (Phi) is 5.30. The maximum absolute atomic E-state index is 12.2. The van der Waals surface area contributed by atoms with E-state index in [1.807, 2.05) is 12.1 Å². The van der Waals surface area contributed by atoms with Crippen LogP contribution in [0.3, 0.4) is 0 Å². The Bertz CT molecular complexity index is 645. The lowest BCUT2D eigenvalue weighted by molar-refractivity contribution is 0.0954. The Hall–Kier alpha value is -1.92. The molecule has 0 radical (unpaired) electrons. The van der Waals surface area contributed by atoms with Crippen LogP contribution in [0.5, 0.6) is 0 Å². The molecule has 0 unspecified atom stereocenters. The largest absolute Gasteiger partial charge is 0.352 e. The number of halogens is 1. The number of carbonyl (C=O) groups is 1. The summed E-state index contributed by atoms with van der Waals surface area (Å²) in [5.41, 5.74) is 5.25. The number of hydrazine groups is 1. The van der Waals surface area contributed by atoms with Gasteiger partial charge in [0.25, 0.3) is 5.91 Å². The van der Waals surface area contributed by atoms with Crippen LogP contribution in [-0.2, 0) is 6.42 Å². The molecule has 110 valence electrons. The number of nitrogens with zero attached hydrogens (tertiary/aromatic N) is 1. The van der Waals surface area contributed by atoms with Crippen LogP contribution in [0.2, 0.25) is 0 Å². The molecule has 0 fully saturated rings. The van der Waals surface area contributed by atoms with Gasteiger partial charge in [0.2, 0.25) is 0 Å². The smallest absolute Gasteiger partial charge is 0.255 e. The molecule has 0 aliphatic rings. The van der Waals surface area contributed by atoms with E-state index >= 15 is 0 Å². The topological polar surface area (TPSA) is 80.0 Å². The predicted molar refractivity (Wildman–Crippen MR) is 87.0 cm³/mol. The summed E-state index contributed by atoms with van der Waals surface area (Å²) in [6.07, 6.45) is 2.36. The van der Waals surface area contributed by atoms with Crippen LogP contribution < -0.4 is 16.6 Å². The van der Waals surface area contributed by atoms with Crippen LogP contribution in [0.4, 0.5) is 5.82 Å². The standard InChI is InChI=1S/C15H17BrN4O/c1-10-3-2-4-11(7-10)5-6-18-15(21)13-8-12(16)9-19-14(13)20-17/h2-4,7-9H,5-6,17H2,1H3,(H,18,21)(H,19,20). The molecule has 6 heteroatoms. The van der Waals surface area contributed by atoms with Gasteiger partial charge in [0.05, 0.1) is 5.56 Å². The first kappa shape index (κ1) is 15.5. The Labute approximate surface area is 132 Å². The summed E-state index contributed by atoms with van der Waals surface area (Å²) in [6.45, 7) is 2.60. The van der Waals surface area contributed by atoms with Crippen molar-refractivity contribution < 1.29 is 4.79 Å². The summed E-state index contributed by atoms with van der Waals surface area (Å²) in [7, 11) is 0. The fourth-order valence-corrected chi connectivity index (χ4v) is 2.34. The number of hydrogen-bond donors (Lipinski definition) is 3. The van der Waals surface area contributed by atoms with E-state index < -0.39 is 0 Å². The molecule has 0 spiro atoms. The second kappa shape index (κ2) is 7.19. The summed E-state index contributed by atoms with van der Waals surface area (Å²) in [4.78, 5) is 16.2. The fraction of sp³-hybridized carbons (Fsp3) is 0.200. The molecule has 1 aromatic carbocycles. The van der Waals surface area contributed by atoms with Crippen molar-refractivity contribution in [3.05, 3.63) is 57.7 Å². The SMILES string of the molecule is Cc1cccc(CCNC(=O)c2cc(Br)cnc2NN)c1. The molecule has 0 atom stereocenters. The van der Waals surface area contributed by atoms with Crippen LogP contribution in [0.25, 0.3) is 0 Å². The number of aryl methyl sites for hydroxylation is 1. The van der Waals surface area contributed by atoms with Crippen LogP contribution in [0.1, 0.15) is 21.5 Å². The van der Waals surface area contributed by atoms with Gasteiger partial charge in [-0.1, -0.05) is 29.8 Å². The second-order valence-electron chi connectivity index (χ2n) is 4.69. The third-order valence-electron chi connectivity index (χ3n) is 3.02. The minimum Gasteiger partial charge on any atom is -0.352 e. The van der Waals surface area contributed by atoms with E-state index in [1.165, 1.54) is 11.1 Å². The maximum Gasteiger partial charge on any atom is 0.255 e. The molecule has 4 N–H and O–H groups in total. The highest BCUT2D eigenvalue weighted by Crippen LogP contribution is 2.17. The number of benzene rings is 1. The van der Waals surface area contributed by atoms with Gasteiger partial charge in [0.1, 0.15) is 0 Å². The third-order valence-corrected chi connectivity index (χ3v) is 3.45. The quantitative estimate of drug-likeness (QED) is 0.572. The number of nitrogen functional groups attached to an aromatic ring is 1. The van der Waals surface area contributed by atoms with Crippen molar-refractivity contribution in [2.45, 2.75) is 13.3 Å². The van der Waals surface area contributed by atoms with Crippen molar-refractivity contribution in [3.63, 3.8) is 0 Å². The first-order valence-corrected chi connectivity index (χ1v) is 7.35. The van der Waals surface area contributed by atoms with Crippen LogP contribution in [0, 0.1) is 6.92 Å². The van der Waals surface area contributed by atoms with Crippen molar-refractivity contribution >= 4 is 27.7 Å². The van der Waals surface area contributed by atoms with Gasteiger partial charge >= 0.3 is 0 Å². The van der Waals surface area contributed by atoms with Gasteiger partial charge in [0, 0.05) is 17.2 Å². The number of amides is 1.